The highest BCUT2D eigenvalue weighted by molar-refractivity contribution is 4.81. The second-order valence-electron chi connectivity index (χ2n) is 5.52. The fourth-order valence-electron chi connectivity index (χ4n) is 3.06. The number of hydrogen-bond donors (Lipinski definition) is 1. The van der Waals surface area contributed by atoms with Crippen molar-refractivity contribution in [2.45, 2.75) is 58.1 Å². The molecule has 2 aliphatic rings. The van der Waals surface area contributed by atoms with Crippen LogP contribution >= 0.6 is 0 Å². The molecule has 4 atom stereocenters. The molecule has 2 heteroatoms. The molecule has 0 radical (unpaired) electrons. The van der Waals surface area contributed by atoms with Crippen LogP contribution in [0.2, 0.25) is 0 Å². The molecule has 0 bridgehead atoms. The van der Waals surface area contributed by atoms with Crippen LogP contribution in [0, 0.1) is 11.8 Å². The lowest BCUT2D eigenvalue weighted by molar-refractivity contribution is 0.111. The van der Waals surface area contributed by atoms with Gasteiger partial charge in [-0.05, 0) is 44.6 Å². The van der Waals surface area contributed by atoms with Crippen molar-refractivity contribution in [1.29, 1.82) is 0 Å². The Labute approximate surface area is 93.8 Å². The summed E-state index contributed by atoms with van der Waals surface area (Å²) >= 11 is 0. The maximum absolute atomic E-state index is 5.56. The summed E-state index contributed by atoms with van der Waals surface area (Å²) in [5, 5.41) is 3.70. The van der Waals surface area contributed by atoms with Crippen LogP contribution in [0.15, 0.2) is 0 Å². The Morgan fingerprint density at radius 1 is 1.20 bits per heavy atom. The van der Waals surface area contributed by atoms with Crippen molar-refractivity contribution in [2.24, 2.45) is 11.8 Å². The van der Waals surface area contributed by atoms with Crippen LogP contribution in [-0.2, 0) is 4.74 Å². The Balaban J connectivity index is 1.68. The van der Waals surface area contributed by atoms with E-state index >= 15 is 0 Å². The first-order chi connectivity index (χ1) is 7.25. The Kier molecular flexibility index (Phi) is 4.04. The van der Waals surface area contributed by atoms with E-state index in [9.17, 15) is 0 Å². The van der Waals surface area contributed by atoms with Crippen LogP contribution in [0.25, 0.3) is 0 Å². The lowest BCUT2D eigenvalue weighted by Crippen LogP contribution is -2.38. The molecule has 1 heterocycles. The molecule has 2 nitrogen and oxygen atoms in total. The molecule has 1 aliphatic heterocycles. The van der Waals surface area contributed by atoms with Crippen molar-refractivity contribution >= 4 is 0 Å². The molecule has 88 valence electrons. The second kappa shape index (κ2) is 5.31. The van der Waals surface area contributed by atoms with E-state index in [2.05, 4.69) is 19.2 Å². The molecule has 0 aromatic carbocycles. The molecule has 1 N–H and O–H groups in total. The quantitative estimate of drug-likeness (QED) is 0.774. The third-order valence-electron chi connectivity index (χ3n) is 4.09. The lowest BCUT2D eigenvalue weighted by Gasteiger charge is -2.28. The van der Waals surface area contributed by atoms with Gasteiger partial charge in [-0.2, -0.15) is 0 Å². The van der Waals surface area contributed by atoms with Crippen molar-refractivity contribution in [1.82, 2.24) is 5.32 Å². The molecule has 2 fully saturated rings. The highest BCUT2D eigenvalue weighted by Gasteiger charge is 2.25. The third kappa shape index (κ3) is 3.18. The summed E-state index contributed by atoms with van der Waals surface area (Å²) in [6.45, 7) is 6.74. The van der Waals surface area contributed by atoms with E-state index in [-0.39, 0.29) is 0 Å². The van der Waals surface area contributed by atoms with Crippen LogP contribution in [0.4, 0.5) is 0 Å². The van der Waals surface area contributed by atoms with Gasteiger partial charge in [0.1, 0.15) is 0 Å². The topological polar surface area (TPSA) is 21.3 Å². The fourth-order valence-corrected chi connectivity index (χ4v) is 3.06. The highest BCUT2D eigenvalue weighted by atomic mass is 16.5. The summed E-state index contributed by atoms with van der Waals surface area (Å²) in [4.78, 5) is 0. The van der Waals surface area contributed by atoms with Crippen LogP contribution in [0.5, 0.6) is 0 Å². The van der Waals surface area contributed by atoms with Crippen molar-refractivity contribution in [3.8, 4) is 0 Å². The largest absolute Gasteiger partial charge is 0.377 e. The summed E-state index contributed by atoms with van der Waals surface area (Å²) < 4.78 is 5.56. The minimum Gasteiger partial charge on any atom is -0.377 e. The standard InChI is InChI=1S/C13H25NO/c1-10-4-3-5-12(8-10)9-14-13-6-7-15-11(13)2/h10-14H,3-9H2,1-2H3. The van der Waals surface area contributed by atoms with Crippen molar-refractivity contribution in [2.75, 3.05) is 13.2 Å². The molecule has 0 aromatic rings. The van der Waals surface area contributed by atoms with Gasteiger partial charge in [-0.1, -0.05) is 19.8 Å². The normalized spacial score (nSPS) is 42.0. The Bertz CT molecular complexity index is 195. The predicted octanol–water partition coefficient (Wildman–Crippen LogP) is 2.58. The highest BCUT2D eigenvalue weighted by Crippen LogP contribution is 2.28. The first kappa shape index (κ1) is 11.4. The summed E-state index contributed by atoms with van der Waals surface area (Å²) in [5.74, 6) is 1.87. The first-order valence-corrected chi connectivity index (χ1v) is 6.60. The van der Waals surface area contributed by atoms with E-state index in [4.69, 9.17) is 4.74 Å². The molecule has 1 saturated heterocycles. The molecule has 1 saturated carbocycles. The van der Waals surface area contributed by atoms with E-state index in [0.29, 0.717) is 12.1 Å². The van der Waals surface area contributed by atoms with Gasteiger partial charge in [0.15, 0.2) is 0 Å². The first-order valence-electron chi connectivity index (χ1n) is 6.60. The maximum atomic E-state index is 5.56. The van der Waals surface area contributed by atoms with E-state index < -0.39 is 0 Å². The predicted molar refractivity (Wildman–Crippen MR) is 62.9 cm³/mol. The Hall–Kier alpha value is -0.0800. The molecule has 15 heavy (non-hydrogen) atoms. The van der Waals surface area contributed by atoms with Gasteiger partial charge in [0.05, 0.1) is 6.10 Å². The summed E-state index contributed by atoms with van der Waals surface area (Å²) in [5.41, 5.74) is 0. The van der Waals surface area contributed by atoms with Crippen molar-refractivity contribution in [3.05, 3.63) is 0 Å². The zero-order chi connectivity index (χ0) is 10.7. The van der Waals surface area contributed by atoms with Gasteiger partial charge in [-0.3, -0.25) is 0 Å². The summed E-state index contributed by atoms with van der Waals surface area (Å²) in [6, 6.07) is 0.613. The van der Waals surface area contributed by atoms with E-state index in [1.165, 1.54) is 38.6 Å². The molecular weight excluding hydrogens is 186 g/mol. The summed E-state index contributed by atoms with van der Waals surface area (Å²) in [7, 11) is 0. The third-order valence-corrected chi connectivity index (χ3v) is 4.09. The van der Waals surface area contributed by atoms with E-state index in [0.717, 1.165) is 18.4 Å². The van der Waals surface area contributed by atoms with E-state index in [1.54, 1.807) is 0 Å². The molecule has 0 aromatic heterocycles. The van der Waals surface area contributed by atoms with Crippen LogP contribution in [0.3, 0.4) is 0 Å². The Morgan fingerprint density at radius 3 is 2.73 bits per heavy atom. The van der Waals surface area contributed by atoms with Gasteiger partial charge in [0.25, 0.3) is 0 Å². The average molecular weight is 211 g/mol. The number of nitrogens with one attached hydrogen (secondary N) is 1. The SMILES string of the molecule is CC1CCCC(CNC2CCOC2C)C1. The monoisotopic (exact) mass is 211 g/mol. The molecule has 4 unspecified atom stereocenters. The fraction of sp³-hybridized carbons (Fsp3) is 1.00. The summed E-state index contributed by atoms with van der Waals surface area (Å²) in [6.07, 6.45) is 7.35. The Morgan fingerprint density at radius 2 is 2.07 bits per heavy atom. The molecule has 0 amide bonds. The number of hydrogen-bond acceptors (Lipinski definition) is 2. The van der Waals surface area contributed by atoms with Crippen LogP contribution < -0.4 is 5.32 Å². The minimum atomic E-state index is 0.422. The van der Waals surface area contributed by atoms with Gasteiger partial charge >= 0.3 is 0 Å². The lowest BCUT2D eigenvalue weighted by atomic mass is 9.82. The van der Waals surface area contributed by atoms with Gasteiger partial charge in [0.2, 0.25) is 0 Å². The van der Waals surface area contributed by atoms with Crippen molar-refractivity contribution < 1.29 is 4.74 Å². The van der Waals surface area contributed by atoms with Crippen LogP contribution in [-0.4, -0.2) is 25.3 Å². The molecular formula is C13H25NO. The number of ether oxygens (including phenoxy) is 1. The zero-order valence-electron chi connectivity index (χ0n) is 10.2. The maximum Gasteiger partial charge on any atom is 0.0700 e. The molecule has 0 spiro atoms. The van der Waals surface area contributed by atoms with E-state index in [1.807, 2.05) is 0 Å². The molecule has 2 rings (SSSR count). The smallest absolute Gasteiger partial charge is 0.0700 e. The van der Waals surface area contributed by atoms with Crippen LogP contribution in [0.1, 0.15) is 46.0 Å². The average Bonchev–Trinajstić information content (AvgIpc) is 2.61. The number of rotatable bonds is 3. The van der Waals surface area contributed by atoms with Gasteiger partial charge in [-0.15, -0.1) is 0 Å². The van der Waals surface area contributed by atoms with Crippen molar-refractivity contribution in [3.63, 3.8) is 0 Å². The van der Waals surface area contributed by atoms with Gasteiger partial charge < -0.3 is 10.1 Å². The van der Waals surface area contributed by atoms with Gasteiger partial charge in [-0.25, -0.2) is 0 Å². The zero-order valence-corrected chi connectivity index (χ0v) is 10.2. The second-order valence-corrected chi connectivity index (χ2v) is 5.52. The molecule has 1 aliphatic carbocycles. The van der Waals surface area contributed by atoms with Gasteiger partial charge in [0, 0.05) is 12.6 Å². The minimum absolute atomic E-state index is 0.422.